The van der Waals surface area contributed by atoms with Crippen LogP contribution in [0.3, 0.4) is 0 Å². The molecule has 0 aliphatic carbocycles. The molecular formula is C16H21ClN2O2. The van der Waals surface area contributed by atoms with Crippen LogP contribution in [0.15, 0.2) is 24.4 Å². The van der Waals surface area contributed by atoms with Crippen molar-refractivity contribution < 1.29 is 9.84 Å². The number of halogens is 1. The van der Waals surface area contributed by atoms with Crippen molar-refractivity contribution in [2.75, 3.05) is 13.7 Å². The van der Waals surface area contributed by atoms with E-state index in [1.54, 1.807) is 18.0 Å². The molecule has 0 aliphatic rings. The van der Waals surface area contributed by atoms with Crippen LogP contribution in [0.1, 0.15) is 28.5 Å². The Morgan fingerprint density at radius 1 is 1.33 bits per heavy atom. The summed E-state index contributed by atoms with van der Waals surface area (Å²) in [6, 6.07) is 6.21. The Labute approximate surface area is 130 Å². The van der Waals surface area contributed by atoms with E-state index in [1.165, 1.54) is 11.1 Å². The van der Waals surface area contributed by atoms with Gasteiger partial charge in [0, 0.05) is 13.5 Å². The number of nitrogens with zero attached hydrogens (tertiary/aromatic N) is 2. The van der Waals surface area contributed by atoms with Gasteiger partial charge < -0.3 is 9.84 Å². The molecule has 4 nitrogen and oxygen atoms in total. The number of aliphatic hydroxyl groups is 1. The van der Waals surface area contributed by atoms with E-state index < -0.39 is 6.10 Å². The molecule has 21 heavy (non-hydrogen) atoms. The summed E-state index contributed by atoms with van der Waals surface area (Å²) in [5, 5.41) is 15.2. The molecule has 0 aliphatic heterocycles. The van der Waals surface area contributed by atoms with Crippen molar-refractivity contribution >= 4 is 11.6 Å². The van der Waals surface area contributed by atoms with Crippen LogP contribution in [0.2, 0.25) is 5.02 Å². The number of aliphatic hydroxyl groups excluding tert-OH is 1. The maximum Gasteiger partial charge on any atom is 0.101 e. The number of aromatic nitrogens is 2. The molecule has 114 valence electrons. The number of benzene rings is 1. The molecule has 0 amide bonds. The average molecular weight is 309 g/mol. The van der Waals surface area contributed by atoms with Gasteiger partial charge in [-0.05, 0) is 30.5 Å². The van der Waals surface area contributed by atoms with Crippen molar-refractivity contribution in [2.24, 2.45) is 0 Å². The highest BCUT2D eigenvalue weighted by molar-refractivity contribution is 6.31. The number of rotatable bonds is 6. The first-order valence-electron chi connectivity index (χ1n) is 6.97. The standard InChI is InChI=1S/C16H21ClN2O2/c1-11-4-5-13(8-12(11)2)9-15(20)16-14(17)10-18-19(16)6-7-21-3/h4-5,8,10,15,20H,6-7,9H2,1-3H3. The van der Waals surface area contributed by atoms with E-state index >= 15 is 0 Å². The molecule has 1 heterocycles. The Balaban J connectivity index is 2.17. The molecule has 1 N–H and O–H groups in total. The zero-order valence-electron chi connectivity index (χ0n) is 12.6. The molecule has 0 saturated heterocycles. The van der Waals surface area contributed by atoms with Crippen LogP contribution in [0, 0.1) is 13.8 Å². The normalized spacial score (nSPS) is 12.6. The van der Waals surface area contributed by atoms with E-state index in [0.717, 1.165) is 5.56 Å². The minimum Gasteiger partial charge on any atom is -0.386 e. The van der Waals surface area contributed by atoms with E-state index in [2.05, 4.69) is 31.1 Å². The van der Waals surface area contributed by atoms with Crippen LogP contribution in [0.4, 0.5) is 0 Å². The molecule has 2 aromatic rings. The highest BCUT2D eigenvalue weighted by atomic mass is 35.5. The van der Waals surface area contributed by atoms with Crippen LogP contribution < -0.4 is 0 Å². The summed E-state index contributed by atoms with van der Waals surface area (Å²) in [4.78, 5) is 0. The SMILES string of the molecule is COCCn1ncc(Cl)c1C(O)Cc1ccc(C)c(C)c1. The Morgan fingerprint density at radius 2 is 2.10 bits per heavy atom. The molecule has 1 unspecified atom stereocenters. The van der Waals surface area contributed by atoms with Gasteiger partial charge >= 0.3 is 0 Å². The molecule has 0 fully saturated rings. The second-order valence-corrected chi connectivity index (χ2v) is 5.64. The number of hydrogen-bond acceptors (Lipinski definition) is 3. The Kier molecular flexibility index (Phi) is 5.39. The van der Waals surface area contributed by atoms with Crippen molar-refractivity contribution in [1.29, 1.82) is 0 Å². The maximum absolute atomic E-state index is 10.5. The molecule has 5 heteroatoms. The third-order valence-corrected chi connectivity index (χ3v) is 3.95. The van der Waals surface area contributed by atoms with Gasteiger partial charge in [-0.25, -0.2) is 0 Å². The molecule has 1 aromatic heterocycles. The lowest BCUT2D eigenvalue weighted by atomic mass is 10.0. The summed E-state index contributed by atoms with van der Waals surface area (Å²) < 4.78 is 6.76. The molecule has 2 rings (SSSR count). The topological polar surface area (TPSA) is 47.3 Å². The van der Waals surface area contributed by atoms with Gasteiger partial charge in [0.25, 0.3) is 0 Å². The first kappa shape index (κ1) is 16.0. The summed E-state index contributed by atoms with van der Waals surface area (Å²) in [5.41, 5.74) is 4.20. The largest absolute Gasteiger partial charge is 0.386 e. The van der Waals surface area contributed by atoms with E-state index in [4.69, 9.17) is 16.3 Å². The summed E-state index contributed by atoms with van der Waals surface area (Å²) in [7, 11) is 1.64. The predicted octanol–water partition coefficient (Wildman–Crippen LogP) is 3.08. The second-order valence-electron chi connectivity index (χ2n) is 5.23. The van der Waals surface area contributed by atoms with Gasteiger partial charge in [0.2, 0.25) is 0 Å². The Bertz CT molecular complexity index is 610. The average Bonchev–Trinajstić information content (AvgIpc) is 2.81. The summed E-state index contributed by atoms with van der Waals surface area (Å²) in [6.07, 6.45) is 1.40. The maximum atomic E-state index is 10.5. The molecule has 0 saturated carbocycles. The van der Waals surface area contributed by atoms with Gasteiger partial charge in [-0.15, -0.1) is 0 Å². The molecule has 0 bridgehead atoms. The molecule has 1 atom stereocenters. The van der Waals surface area contributed by atoms with Gasteiger partial charge in [0.1, 0.15) is 6.10 Å². The second kappa shape index (κ2) is 7.07. The number of methoxy groups -OCH3 is 1. The van der Waals surface area contributed by atoms with Gasteiger partial charge in [-0.1, -0.05) is 29.8 Å². The van der Waals surface area contributed by atoms with E-state index in [0.29, 0.717) is 30.3 Å². The first-order chi connectivity index (χ1) is 10.0. The molecule has 1 aromatic carbocycles. The highest BCUT2D eigenvalue weighted by Crippen LogP contribution is 2.26. The van der Waals surface area contributed by atoms with E-state index in [1.807, 2.05) is 6.07 Å². The van der Waals surface area contributed by atoms with Crippen LogP contribution in [0.25, 0.3) is 0 Å². The Morgan fingerprint density at radius 3 is 2.76 bits per heavy atom. The minimum absolute atomic E-state index is 0.488. The Hall–Kier alpha value is -1.36. The summed E-state index contributed by atoms with van der Waals surface area (Å²) in [6.45, 7) is 5.25. The fourth-order valence-electron chi connectivity index (χ4n) is 2.31. The number of aryl methyl sites for hydroxylation is 2. The van der Waals surface area contributed by atoms with Crippen molar-refractivity contribution in [3.8, 4) is 0 Å². The molecule has 0 spiro atoms. The molecular weight excluding hydrogens is 288 g/mol. The predicted molar refractivity (Wildman–Crippen MR) is 83.7 cm³/mol. The fraction of sp³-hybridized carbons (Fsp3) is 0.438. The third kappa shape index (κ3) is 3.84. The monoisotopic (exact) mass is 308 g/mol. The van der Waals surface area contributed by atoms with Crippen molar-refractivity contribution in [3.05, 3.63) is 51.8 Å². The van der Waals surface area contributed by atoms with Crippen LogP contribution >= 0.6 is 11.6 Å². The van der Waals surface area contributed by atoms with Crippen LogP contribution in [0.5, 0.6) is 0 Å². The van der Waals surface area contributed by atoms with Gasteiger partial charge in [-0.3, -0.25) is 4.68 Å². The van der Waals surface area contributed by atoms with Crippen molar-refractivity contribution in [2.45, 2.75) is 32.9 Å². The fourth-order valence-corrected chi connectivity index (χ4v) is 2.58. The molecule has 0 radical (unpaired) electrons. The first-order valence-corrected chi connectivity index (χ1v) is 7.35. The lowest BCUT2D eigenvalue weighted by Gasteiger charge is -2.15. The highest BCUT2D eigenvalue weighted by Gasteiger charge is 2.18. The number of hydrogen-bond donors (Lipinski definition) is 1. The summed E-state index contributed by atoms with van der Waals surface area (Å²) >= 11 is 6.16. The summed E-state index contributed by atoms with van der Waals surface area (Å²) in [5.74, 6) is 0. The zero-order chi connectivity index (χ0) is 15.4. The van der Waals surface area contributed by atoms with Crippen LogP contribution in [-0.2, 0) is 17.7 Å². The lowest BCUT2D eigenvalue weighted by molar-refractivity contribution is 0.153. The van der Waals surface area contributed by atoms with E-state index in [9.17, 15) is 5.11 Å². The minimum atomic E-state index is -0.682. The van der Waals surface area contributed by atoms with Crippen molar-refractivity contribution in [1.82, 2.24) is 9.78 Å². The van der Waals surface area contributed by atoms with Crippen molar-refractivity contribution in [3.63, 3.8) is 0 Å². The van der Waals surface area contributed by atoms with E-state index in [-0.39, 0.29) is 0 Å². The number of ether oxygens (including phenoxy) is 1. The van der Waals surface area contributed by atoms with Gasteiger partial charge in [0.15, 0.2) is 0 Å². The lowest BCUT2D eigenvalue weighted by Crippen LogP contribution is -2.14. The quantitative estimate of drug-likeness (QED) is 0.892. The van der Waals surface area contributed by atoms with Crippen LogP contribution in [-0.4, -0.2) is 28.6 Å². The smallest absolute Gasteiger partial charge is 0.101 e. The van der Waals surface area contributed by atoms with Gasteiger partial charge in [0.05, 0.1) is 30.1 Å². The third-order valence-electron chi connectivity index (χ3n) is 3.66. The zero-order valence-corrected chi connectivity index (χ0v) is 13.4. The van der Waals surface area contributed by atoms with Gasteiger partial charge in [-0.2, -0.15) is 5.10 Å².